The molecule has 0 fully saturated rings. The number of likely N-dealkylation sites (N-methyl/N-ethyl adjacent to an activating group) is 1. The molecule has 2 aromatic rings. The fourth-order valence-corrected chi connectivity index (χ4v) is 5.29. The minimum absolute atomic E-state index is 0.103. The summed E-state index contributed by atoms with van der Waals surface area (Å²) in [6.45, 7) is 6.10. The summed E-state index contributed by atoms with van der Waals surface area (Å²) in [6, 6.07) is 8.92. The molecule has 1 aliphatic carbocycles. The van der Waals surface area contributed by atoms with Crippen LogP contribution in [0.1, 0.15) is 58.1 Å². The van der Waals surface area contributed by atoms with Crippen molar-refractivity contribution in [3.8, 4) is 11.5 Å². The SMILES string of the molecule is CCCCOc1ccc(C2C3=C(CC(C)(C)CC3=O)Nc3c(O)cccc3N2C(=O)OCC(=O)N(C)C)c(Cl)c1. The molecule has 10 heteroatoms. The van der Waals surface area contributed by atoms with Crippen LogP contribution in [-0.2, 0) is 14.3 Å². The number of ether oxygens (including phenoxy) is 2. The number of phenolic OH excluding ortho intramolecular Hbond substituents is 1. The summed E-state index contributed by atoms with van der Waals surface area (Å²) in [5.74, 6) is -0.0923. The number of hydrogen-bond acceptors (Lipinski definition) is 7. The zero-order valence-corrected chi connectivity index (χ0v) is 24.3. The molecule has 0 radical (unpaired) electrons. The largest absolute Gasteiger partial charge is 0.506 e. The number of ketones is 1. The lowest BCUT2D eigenvalue weighted by atomic mass is 9.73. The number of anilines is 2. The Bertz CT molecular complexity index is 1350. The van der Waals surface area contributed by atoms with Gasteiger partial charge in [0.15, 0.2) is 12.4 Å². The summed E-state index contributed by atoms with van der Waals surface area (Å²) < 4.78 is 11.3. The second kappa shape index (κ2) is 11.8. The molecule has 9 nitrogen and oxygen atoms in total. The summed E-state index contributed by atoms with van der Waals surface area (Å²) >= 11 is 6.84. The smallest absolute Gasteiger partial charge is 0.415 e. The number of rotatable bonds is 7. The van der Waals surface area contributed by atoms with E-state index in [1.54, 1.807) is 44.4 Å². The van der Waals surface area contributed by atoms with E-state index in [-0.39, 0.29) is 34.7 Å². The summed E-state index contributed by atoms with van der Waals surface area (Å²) in [5.41, 5.74) is 1.62. The van der Waals surface area contributed by atoms with E-state index in [1.807, 2.05) is 13.8 Å². The number of nitrogens with zero attached hydrogens (tertiary/aromatic N) is 2. The Kier molecular flexibility index (Phi) is 8.63. The van der Waals surface area contributed by atoms with Crippen LogP contribution in [0, 0.1) is 5.41 Å². The molecule has 2 N–H and O–H groups in total. The molecule has 0 saturated heterocycles. The van der Waals surface area contributed by atoms with Gasteiger partial charge in [0.2, 0.25) is 0 Å². The number of carbonyl (C=O) groups is 3. The topological polar surface area (TPSA) is 108 Å². The van der Waals surface area contributed by atoms with Gasteiger partial charge in [-0.05, 0) is 48.1 Å². The maximum absolute atomic E-state index is 13.8. The van der Waals surface area contributed by atoms with Crippen LogP contribution in [0.15, 0.2) is 47.7 Å². The molecule has 0 spiro atoms. The van der Waals surface area contributed by atoms with Gasteiger partial charge < -0.3 is 24.8 Å². The Balaban J connectivity index is 1.91. The number of amides is 2. The molecule has 1 aliphatic heterocycles. The lowest BCUT2D eigenvalue weighted by Crippen LogP contribution is -2.41. The monoisotopic (exact) mass is 569 g/mol. The van der Waals surface area contributed by atoms with Crippen molar-refractivity contribution < 1.29 is 29.0 Å². The molecule has 2 aromatic carbocycles. The first-order chi connectivity index (χ1) is 18.9. The second-order valence-electron chi connectivity index (χ2n) is 11.1. The lowest BCUT2D eigenvalue weighted by Gasteiger charge is -2.37. The highest BCUT2D eigenvalue weighted by Gasteiger charge is 2.45. The number of unbranched alkanes of at least 4 members (excludes halogenated alkanes) is 1. The first-order valence-corrected chi connectivity index (χ1v) is 13.7. The van der Waals surface area contributed by atoms with Crippen molar-refractivity contribution in [1.82, 2.24) is 4.90 Å². The highest BCUT2D eigenvalue weighted by Crippen LogP contribution is 2.51. The number of nitrogens with one attached hydrogen (secondary N) is 1. The van der Waals surface area contributed by atoms with Gasteiger partial charge in [-0.25, -0.2) is 4.79 Å². The average Bonchev–Trinajstić information content (AvgIpc) is 3.02. The lowest BCUT2D eigenvalue weighted by molar-refractivity contribution is -0.131. The zero-order valence-electron chi connectivity index (χ0n) is 23.5. The molecule has 0 bridgehead atoms. The predicted molar refractivity (Wildman–Crippen MR) is 154 cm³/mol. The third-order valence-electron chi connectivity index (χ3n) is 7.06. The van der Waals surface area contributed by atoms with Gasteiger partial charge in [0.1, 0.15) is 17.2 Å². The molecule has 2 amide bonds. The summed E-state index contributed by atoms with van der Waals surface area (Å²) in [7, 11) is 3.12. The number of allylic oxidation sites excluding steroid dienone is 1. The Morgan fingerprint density at radius 1 is 1.20 bits per heavy atom. The molecular formula is C30H36ClN3O6. The van der Waals surface area contributed by atoms with Crippen LogP contribution in [0.25, 0.3) is 0 Å². The standard InChI is InChI=1S/C30H36ClN3O6/c1-6-7-13-39-18-11-12-19(20(31)14-18)28-26-21(15-30(2,3)16-24(26)36)32-27-22(9-8-10-23(27)35)34(28)29(38)40-17-25(37)33(4)5/h8-12,14,28,32,35H,6-7,13,15-17H2,1-5H3. The van der Waals surface area contributed by atoms with Gasteiger partial charge >= 0.3 is 6.09 Å². The van der Waals surface area contributed by atoms with E-state index >= 15 is 0 Å². The van der Waals surface area contributed by atoms with Gasteiger partial charge in [0, 0.05) is 36.8 Å². The van der Waals surface area contributed by atoms with Crippen LogP contribution in [0.2, 0.25) is 5.02 Å². The molecule has 2 aliphatic rings. The maximum atomic E-state index is 13.8. The Labute approximate surface area is 239 Å². The number of para-hydroxylation sites is 1. The number of fused-ring (bicyclic) bond motifs is 1. The Morgan fingerprint density at radius 2 is 1.95 bits per heavy atom. The number of carbonyl (C=O) groups excluding carboxylic acids is 3. The van der Waals surface area contributed by atoms with Crippen LogP contribution in [0.5, 0.6) is 11.5 Å². The molecule has 0 aromatic heterocycles. The number of aromatic hydroxyl groups is 1. The molecule has 4 rings (SSSR count). The van der Waals surface area contributed by atoms with E-state index in [4.69, 9.17) is 21.1 Å². The fourth-order valence-electron chi connectivity index (χ4n) is 5.01. The molecular weight excluding hydrogens is 534 g/mol. The molecule has 214 valence electrons. The van der Waals surface area contributed by atoms with Gasteiger partial charge in [-0.2, -0.15) is 0 Å². The summed E-state index contributed by atoms with van der Waals surface area (Å²) in [6.07, 6.45) is 1.76. The minimum atomic E-state index is -0.992. The Morgan fingerprint density at radius 3 is 2.62 bits per heavy atom. The highest BCUT2D eigenvalue weighted by molar-refractivity contribution is 6.31. The van der Waals surface area contributed by atoms with Crippen molar-refractivity contribution in [2.75, 3.05) is 37.5 Å². The van der Waals surface area contributed by atoms with E-state index in [1.165, 1.54) is 15.9 Å². The first kappa shape index (κ1) is 29.3. The van der Waals surface area contributed by atoms with Crippen LogP contribution in [-0.4, -0.2) is 55.1 Å². The Hall–Kier alpha value is -3.72. The number of Topliss-reactive ketones (excluding diaryl/α,β-unsaturated/α-hetero) is 1. The number of halogens is 1. The van der Waals surface area contributed by atoms with E-state index < -0.39 is 24.6 Å². The maximum Gasteiger partial charge on any atom is 0.415 e. The summed E-state index contributed by atoms with van der Waals surface area (Å²) in [4.78, 5) is 42.5. The average molecular weight is 570 g/mol. The van der Waals surface area contributed by atoms with E-state index in [2.05, 4.69) is 12.2 Å². The van der Waals surface area contributed by atoms with Crippen LogP contribution in [0.4, 0.5) is 16.2 Å². The zero-order chi connectivity index (χ0) is 29.2. The number of benzene rings is 2. The van der Waals surface area contributed by atoms with Gasteiger partial charge in [-0.15, -0.1) is 0 Å². The van der Waals surface area contributed by atoms with E-state index in [0.717, 1.165) is 12.8 Å². The minimum Gasteiger partial charge on any atom is -0.506 e. The molecule has 0 saturated carbocycles. The van der Waals surface area contributed by atoms with Crippen LogP contribution < -0.4 is 15.0 Å². The quantitative estimate of drug-likeness (QED) is 0.308. The molecule has 1 unspecified atom stereocenters. The normalized spacial score (nSPS) is 17.8. The first-order valence-electron chi connectivity index (χ1n) is 13.4. The predicted octanol–water partition coefficient (Wildman–Crippen LogP) is 6.07. The highest BCUT2D eigenvalue weighted by atomic mass is 35.5. The van der Waals surface area contributed by atoms with Gasteiger partial charge in [0.25, 0.3) is 5.91 Å². The second-order valence-corrected chi connectivity index (χ2v) is 11.5. The molecule has 1 heterocycles. The van der Waals surface area contributed by atoms with Crippen molar-refractivity contribution >= 4 is 40.8 Å². The van der Waals surface area contributed by atoms with Crippen molar-refractivity contribution in [3.05, 3.63) is 58.3 Å². The van der Waals surface area contributed by atoms with Gasteiger partial charge in [-0.1, -0.05) is 50.9 Å². The van der Waals surface area contributed by atoms with Crippen molar-refractivity contribution in [2.45, 2.75) is 52.5 Å². The molecule has 1 atom stereocenters. The van der Waals surface area contributed by atoms with Gasteiger partial charge in [0.05, 0.1) is 18.3 Å². The third-order valence-corrected chi connectivity index (χ3v) is 7.38. The summed E-state index contributed by atoms with van der Waals surface area (Å²) in [5, 5.41) is 14.4. The fraction of sp³-hybridized carbons (Fsp3) is 0.433. The van der Waals surface area contributed by atoms with E-state index in [0.29, 0.717) is 40.6 Å². The van der Waals surface area contributed by atoms with Crippen LogP contribution >= 0.6 is 11.6 Å². The number of phenols is 1. The van der Waals surface area contributed by atoms with Crippen molar-refractivity contribution in [1.29, 1.82) is 0 Å². The van der Waals surface area contributed by atoms with E-state index in [9.17, 15) is 19.5 Å². The van der Waals surface area contributed by atoms with Crippen LogP contribution in [0.3, 0.4) is 0 Å². The van der Waals surface area contributed by atoms with Crippen molar-refractivity contribution in [2.24, 2.45) is 5.41 Å². The van der Waals surface area contributed by atoms with Crippen molar-refractivity contribution in [3.63, 3.8) is 0 Å². The molecule has 40 heavy (non-hydrogen) atoms. The third kappa shape index (κ3) is 6.04. The number of hydrogen-bond donors (Lipinski definition) is 2. The van der Waals surface area contributed by atoms with Gasteiger partial charge in [-0.3, -0.25) is 14.5 Å².